The number of anilines is 1. The van der Waals surface area contributed by atoms with Crippen LogP contribution in [0.2, 0.25) is 0 Å². The molecule has 1 unspecified atom stereocenters. The lowest BCUT2D eigenvalue weighted by molar-refractivity contribution is 0.140. The van der Waals surface area contributed by atoms with Gasteiger partial charge in [0.1, 0.15) is 5.82 Å². The van der Waals surface area contributed by atoms with Crippen LogP contribution in [0.1, 0.15) is 62.1 Å². The highest BCUT2D eigenvalue weighted by Crippen LogP contribution is 2.36. The van der Waals surface area contributed by atoms with E-state index < -0.39 is 0 Å². The Bertz CT molecular complexity index is 677. The average molecular weight is 350 g/mol. The molecule has 2 fully saturated rings. The molecule has 26 heavy (non-hydrogen) atoms. The molecule has 3 nitrogen and oxygen atoms in total. The Labute approximate surface area is 158 Å². The van der Waals surface area contributed by atoms with Gasteiger partial charge in [-0.15, -0.1) is 0 Å². The van der Waals surface area contributed by atoms with Crippen molar-refractivity contribution in [3.63, 3.8) is 0 Å². The van der Waals surface area contributed by atoms with Crippen LogP contribution < -0.4 is 4.90 Å². The second-order valence-corrected chi connectivity index (χ2v) is 7.79. The van der Waals surface area contributed by atoms with E-state index in [0.29, 0.717) is 6.04 Å². The summed E-state index contributed by atoms with van der Waals surface area (Å²) in [5.41, 5.74) is 2.87. The predicted molar refractivity (Wildman–Crippen MR) is 108 cm³/mol. The van der Waals surface area contributed by atoms with Crippen LogP contribution in [0, 0.1) is 0 Å². The smallest absolute Gasteiger partial charge is 0.133 e. The number of hydrogen-bond donors (Lipinski definition) is 0. The summed E-state index contributed by atoms with van der Waals surface area (Å²) < 4.78 is 0. The zero-order valence-electron chi connectivity index (χ0n) is 15.8. The monoisotopic (exact) mass is 349 g/mol. The highest BCUT2D eigenvalue weighted by Gasteiger charge is 2.28. The first-order chi connectivity index (χ1) is 12.9. The lowest BCUT2D eigenvalue weighted by Crippen LogP contribution is -2.35. The van der Waals surface area contributed by atoms with E-state index in [4.69, 9.17) is 4.98 Å². The normalized spacial score (nSPS) is 22.2. The molecule has 0 saturated carbocycles. The quantitative estimate of drug-likeness (QED) is 0.757. The zero-order chi connectivity index (χ0) is 17.6. The number of rotatable bonds is 4. The second-order valence-electron chi connectivity index (χ2n) is 7.79. The largest absolute Gasteiger partial charge is 0.356 e. The minimum absolute atomic E-state index is 0.496. The van der Waals surface area contributed by atoms with Crippen molar-refractivity contribution in [2.24, 2.45) is 0 Å². The third-order valence-corrected chi connectivity index (χ3v) is 5.92. The molecular formula is C23H31N3. The van der Waals surface area contributed by atoms with Gasteiger partial charge < -0.3 is 4.90 Å². The first kappa shape index (κ1) is 17.5. The van der Waals surface area contributed by atoms with Crippen LogP contribution in [0.25, 0.3) is 0 Å². The van der Waals surface area contributed by atoms with Crippen molar-refractivity contribution in [1.82, 2.24) is 9.88 Å². The molecule has 2 aliphatic heterocycles. The fraction of sp³-hybridized carbons (Fsp3) is 0.522. The first-order valence-corrected chi connectivity index (χ1v) is 10.4. The van der Waals surface area contributed by atoms with Gasteiger partial charge in [-0.2, -0.15) is 0 Å². The number of piperidine rings is 1. The maximum atomic E-state index is 4.86. The van der Waals surface area contributed by atoms with E-state index in [1.54, 1.807) is 0 Å². The molecule has 3 heteroatoms. The van der Waals surface area contributed by atoms with Crippen LogP contribution >= 0.6 is 0 Å². The van der Waals surface area contributed by atoms with Gasteiger partial charge in [-0.05, 0) is 43.9 Å². The van der Waals surface area contributed by atoms with Gasteiger partial charge in [0, 0.05) is 37.4 Å². The van der Waals surface area contributed by atoms with Crippen LogP contribution in [0.3, 0.4) is 0 Å². The highest BCUT2D eigenvalue weighted by molar-refractivity contribution is 5.49. The summed E-state index contributed by atoms with van der Waals surface area (Å²) in [6.07, 6.45) is 11.2. The van der Waals surface area contributed by atoms with Gasteiger partial charge in [-0.1, -0.05) is 55.7 Å². The number of nitrogens with zero attached hydrogens (tertiary/aromatic N) is 3. The minimum atomic E-state index is 0.496. The van der Waals surface area contributed by atoms with Crippen LogP contribution in [0.4, 0.5) is 5.82 Å². The van der Waals surface area contributed by atoms with Crippen molar-refractivity contribution in [2.45, 2.75) is 57.5 Å². The summed E-state index contributed by atoms with van der Waals surface area (Å²) in [6, 6.07) is 15.9. The van der Waals surface area contributed by atoms with Crippen molar-refractivity contribution in [3.8, 4) is 0 Å². The molecule has 2 saturated heterocycles. The summed E-state index contributed by atoms with van der Waals surface area (Å²) in [4.78, 5) is 10.1. The maximum absolute atomic E-state index is 4.86. The summed E-state index contributed by atoms with van der Waals surface area (Å²) in [7, 11) is 0. The number of aromatic nitrogens is 1. The molecule has 0 amide bonds. The molecule has 2 aromatic rings. The molecule has 138 valence electrons. The van der Waals surface area contributed by atoms with Crippen molar-refractivity contribution < 1.29 is 0 Å². The van der Waals surface area contributed by atoms with E-state index in [1.165, 1.54) is 68.4 Å². The average Bonchev–Trinajstić information content (AvgIpc) is 2.99. The SMILES string of the molecule is c1ccc(CN2CCCCC2c2cccnc2N2CCCCCC2)cc1. The topological polar surface area (TPSA) is 19.4 Å². The number of pyridine rings is 1. The van der Waals surface area contributed by atoms with Crippen molar-refractivity contribution >= 4 is 5.82 Å². The van der Waals surface area contributed by atoms with Crippen molar-refractivity contribution in [1.29, 1.82) is 0 Å². The number of benzene rings is 1. The predicted octanol–water partition coefficient (Wildman–Crippen LogP) is 5.19. The highest BCUT2D eigenvalue weighted by atomic mass is 15.2. The molecule has 4 rings (SSSR count). The zero-order valence-corrected chi connectivity index (χ0v) is 15.8. The van der Waals surface area contributed by atoms with Gasteiger partial charge in [-0.3, -0.25) is 4.90 Å². The molecule has 2 aliphatic rings. The van der Waals surface area contributed by atoms with Gasteiger partial charge >= 0.3 is 0 Å². The Morgan fingerprint density at radius 1 is 0.808 bits per heavy atom. The Kier molecular flexibility index (Phi) is 5.85. The Hall–Kier alpha value is -1.87. The maximum Gasteiger partial charge on any atom is 0.133 e. The van der Waals surface area contributed by atoms with Gasteiger partial charge in [0.2, 0.25) is 0 Å². The van der Waals surface area contributed by atoms with Crippen LogP contribution in [-0.4, -0.2) is 29.5 Å². The van der Waals surface area contributed by atoms with Gasteiger partial charge in [0.05, 0.1) is 0 Å². The molecule has 1 aromatic heterocycles. The summed E-state index contributed by atoms with van der Waals surface area (Å²) in [5.74, 6) is 1.25. The second kappa shape index (κ2) is 8.68. The number of likely N-dealkylation sites (tertiary alicyclic amines) is 1. The minimum Gasteiger partial charge on any atom is -0.356 e. The van der Waals surface area contributed by atoms with E-state index in [2.05, 4.69) is 52.3 Å². The third kappa shape index (κ3) is 4.09. The van der Waals surface area contributed by atoms with E-state index in [9.17, 15) is 0 Å². The molecule has 3 heterocycles. The molecule has 0 radical (unpaired) electrons. The van der Waals surface area contributed by atoms with Crippen LogP contribution in [-0.2, 0) is 6.54 Å². The fourth-order valence-corrected chi connectivity index (χ4v) is 4.57. The van der Waals surface area contributed by atoms with Gasteiger partial charge in [0.15, 0.2) is 0 Å². The lowest BCUT2D eigenvalue weighted by atomic mass is 9.94. The molecule has 1 aromatic carbocycles. The Balaban J connectivity index is 1.60. The standard InChI is InChI=1S/C23H31N3/c1-2-8-17-25(16-7-1)23-21(13-10-15-24-23)22-14-6-9-18-26(22)19-20-11-4-3-5-12-20/h3-5,10-13,15,22H,1-2,6-9,14,16-19H2. The van der Waals surface area contributed by atoms with Gasteiger partial charge in [-0.25, -0.2) is 4.98 Å². The Morgan fingerprint density at radius 3 is 2.38 bits per heavy atom. The van der Waals surface area contributed by atoms with Crippen LogP contribution in [0.5, 0.6) is 0 Å². The first-order valence-electron chi connectivity index (χ1n) is 10.4. The number of hydrogen-bond acceptors (Lipinski definition) is 3. The Morgan fingerprint density at radius 2 is 1.58 bits per heavy atom. The van der Waals surface area contributed by atoms with Crippen LogP contribution in [0.15, 0.2) is 48.7 Å². The van der Waals surface area contributed by atoms with Crippen molar-refractivity contribution in [2.75, 3.05) is 24.5 Å². The molecule has 0 N–H and O–H groups in total. The lowest BCUT2D eigenvalue weighted by Gasteiger charge is -2.38. The third-order valence-electron chi connectivity index (χ3n) is 5.92. The molecule has 0 spiro atoms. The molecular weight excluding hydrogens is 318 g/mol. The fourth-order valence-electron chi connectivity index (χ4n) is 4.57. The van der Waals surface area contributed by atoms with Crippen molar-refractivity contribution in [3.05, 3.63) is 59.8 Å². The van der Waals surface area contributed by atoms with E-state index in [-0.39, 0.29) is 0 Å². The summed E-state index contributed by atoms with van der Waals surface area (Å²) in [6.45, 7) is 4.55. The molecule has 1 atom stereocenters. The summed E-state index contributed by atoms with van der Waals surface area (Å²) >= 11 is 0. The molecule has 0 bridgehead atoms. The van der Waals surface area contributed by atoms with Gasteiger partial charge in [0.25, 0.3) is 0 Å². The van der Waals surface area contributed by atoms with E-state index in [0.717, 1.165) is 19.6 Å². The van der Waals surface area contributed by atoms with E-state index >= 15 is 0 Å². The van der Waals surface area contributed by atoms with E-state index in [1.807, 2.05) is 6.20 Å². The molecule has 0 aliphatic carbocycles. The summed E-state index contributed by atoms with van der Waals surface area (Å²) in [5, 5.41) is 0.